The van der Waals surface area contributed by atoms with Crippen molar-refractivity contribution in [3.8, 4) is 17.2 Å². The minimum absolute atomic E-state index is 0.155. The minimum Gasteiger partial charge on any atom is -0.444 e. The van der Waals surface area contributed by atoms with E-state index in [4.69, 9.17) is 10.00 Å². The Morgan fingerprint density at radius 2 is 2.17 bits per heavy atom. The molecule has 3 rings (SSSR count). The molecular formula is C18H15FN2O2. The van der Waals surface area contributed by atoms with Gasteiger partial charge in [-0.2, -0.15) is 5.26 Å². The fourth-order valence-electron chi connectivity index (χ4n) is 2.61. The zero-order valence-electron chi connectivity index (χ0n) is 12.6. The lowest BCUT2D eigenvalue weighted by molar-refractivity contribution is 0.139. The minimum atomic E-state index is -0.449. The maximum Gasteiger partial charge on any atom is 0.414 e. The van der Waals surface area contributed by atoms with Crippen molar-refractivity contribution in [1.82, 2.24) is 0 Å². The molecule has 0 aliphatic carbocycles. The summed E-state index contributed by atoms with van der Waals surface area (Å²) in [6.45, 7) is 2.37. The van der Waals surface area contributed by atoms with E-state index < -0.39 is 11.9 Å². The van der Waals surface area contributed by atoms with Crippen molar-refractivity contribution < 1.29 is 13.9 Å². The Kier molecular flexibility index (Phi) is 3.98. The third-order valence-corrected chi connectivity index (χ3v) is 3.90. The van der Waals surface area contributed by atoms with E-state index in [1.54, 1.807) is 36.4 Å². The second-order valence-corrected chi connectivity index (χ2v) is 5.38. The third kappa shape index (κ3) is 2.88. The summed E-state index contributed by atoms with van der Waals surface area (Å²) in [6, 6.07) is 13.4. The molecule has 0 N–H and O–H groups in total. The number of rotatable bonds is 3. The van der Waals surface area contributed by atoms with Crippen LogP contribution in [-0.4, -0.2) is 18.7 Å². The van der Waals surface area contributed by atoms with Crippen LogP contribution in [0, 0.1) is 17.1 Å². The second kappa shape index (κ2) is 6.09. The van der Waals surface area contributed by atoms with Gasteiger partial charge in [-0.15, -0.1) is 0 Å². The van der Waals surface area contributed by atoms with Gasteiger partial charge in [0.25, 0.3) is 0 Å². The Morgan fingerprint density at radius 3 is 2.83 bits per heavy atom. The molecule has 0 saturated carbocycles. The number of carbonyl (C=O) groups excluding carboxylic acids is 1. The molecule has 5 heteroatoms. The molecule has 1 unspecified atom stereocenters. The van der Waals surface area contributed by atoms with Gasteiger partial charge in [-0.3, -0.25) is 4.90 Å². The van der Waals surface area contributed by atoms with Gasteiger partial charge in [0.15, 0.2) is 0 Å². The van der Waals surface area contributed by atoms with E-state index in [2.05, 4.69) is 0 Å². The fourth-order valence-corrected chi connectivity index (χ4v) is 2.61. The molecule has 1 heterocycles. The molecular weight excluding hydrogens is 295 g/mol. The van der Waals surface area contributed by atoms with Crippen molar-refractivity contribution >= 4 is 11.8 Å². The first kappa shape index (κ1) is 15.0. The van der Waals surface area contributed by atoms with E-state index in [0.29, 0.717) is 28.9 Å². The molecule has 0 radical (unpaired) electrons. The molecule has 0 bridgehead atoms. The summed E-state index contributed by atoms with van der Waals surface area (Å²) in [5.41, 5.74) is 1.97. The molecule has 0 aromatic heterocycles. The number of ether oxygens (including phenoxy) is 1. The van der Waals surface area contributed by atoms with Crippen molar-refractivity contribution in [2.24, 2.45) is 0 Å². The monoisotopic (exact) mass is 310 g/mol. The average Bonchev–Trinajstić information content (AvgIpc) is 2.96. The van der Waals surface area contributed by atoms with Crippen molar-refractivity contribution in [3.63, 3.8) is 0 Å². The standard InChI is InChI=1S/C18H15FN2O2/c1-2-15-11-21(18(22)23-15)14-6-7-16(17(19)9-14)13-5-3-4-12(8-13)10-20/h3-9,15H,2,11H2,1H3. The van der Waals surface area contributed by atoms with Crippen LogP contribution < -0.4 is 4.90 Å². The Bertz CT molecular complexity index is 798. The van der Waals surface area contributed by atoms with Crippen LogP contribution in [-0.2, 0) is 4.74 Å². The van der Waals surface area contributed by atoms with Gasteiger partial charge in [0, 0.05) is 5.56 Å². The molecule has 1 aliphatic rings. The van der Waals surface area contributed by atoms with Gasteiger partial charge in [0.05, 0.1) is 23.9 Å². The predicted octanol–water partition coefficient (Wildman–Crippen LogP) is 4.10. The van der Waals surface area contributed by atoms with E-state index in [1.807, 2.05) is 13.0 Å². The first-order chi connectivity index (χ1) is 11.1. The summed E-state index contributed by atoms with van der Waals surface area (Å²) in [7, 11) is 0. The topological polar surface area (TPSA) is 53.3 Å². The summed E-state index contributed by atoms with van der Waals surface area (Å²) >= 11 is 0. The van der Waals surface area contributed by atoms with E-state index in [-0.39, 0.29) is 6.10 Å². The number of hydrogen-bond acceptors (Lipinski definition) is 3. The molecule has 1 atom stereocenters. The Morgan fingerprint density at radius 1 is 1.35 bits per heavy atom. The molecule has 116 valence electrons. The SMILES string of the molecule is CCC1CN(c2ccc(-c3cccc(C#N)c3)c(F)c2)C(=O)O1. The van der Waals surface area contributed by atoms with Crippen LogP contribution in [0.15, 0.2) is 42.5 Å². The first-order valence-corrected chi connectivity index (χ1v) is 7.40. The Hall–Kier alpha value is -2.87. The van der Waals surface area contributed by atoms with Gasteiger partial charge in [-0.25, -0.2) is 9.18 Å². The highest BCUT2D eigenvalue weighted by Gasteiger charge is 2.31. The van der Waals surface area contributed by atoms with Crippen LogP contribution in [0.5, 0.6) is 0 Å². The van der Waals surface area contributed by atoms with Crippen molar-refractivity contribution in [3.05, 3.63) is 53.8 Å². The highest BCUT2D eigenvalue weighted by molar-refractivity contribution is 5.90. The zero-order valence-corrected chi connectivity index (χ0v) is 12.6. The number of benzene rings is 2. The number of amides is 1. The lowest BCUT2D eigenvalue weighted by Gasteiger charge is -2.14. The highest BCUT2D eigenvalue weighted by atomic mass is 19.1. The maximum atomic E-state index is 14.5. The lowest BCUT2D eigenvalue weighted by atomic mass is 10.0. The van der Waals surface area contributed by atoms with Crippen molar-refractivity contribution in [1.29, 1.82) is 5.26 Å². The summed E-state index contributed by atoms with van der Waals surface area (Å²) in [6.07, 6.45) is 0.122. The molecule has 1 aliphatic heterocycles. The van der Waals surface area contributed by atoms with Crippen LogP contribution in [0.25, 0.3) is 11.1 Å². The van der Waals surface area contributed by atoms with Crippen LogP contribution in [0.4, 0.5) is 14.9 Å². The Balaban J connectivity index is 1.92. The van der Waals surface area contributed by atoms with Crippen LogP contribution in [0.1, 0.15) is 18.9 Å². The molecule has 23 heavy (non-hydrogen) atoms. The number of nitriles is 1. The number of nitrogens with zero attached hydrogens (tertiary/aromatic N) is 2. The highest BCUT2D eigenvalue weighted by Crippen LogP contribution is 2.29. The maximum absolute atomic E-state index is 14.5. The van der Waals surface area contributed by atoms with Crippen LogP contribution in [0.2, 0.25) is 0 Å². The fraction of sp³-hybridized carbons (Fsp3) is 0.222. The summed E-state index contributed by atoms with van der Waals surface area (Å²) in [4.78, 5) is 13.3. The molecule has 1 fully saturated rings. The zero-order chi connectivity index (χ0) is 16.4. The first-order valence-electron chi connectivity index (χ1n) is 7.40. The lowest BCUT2D eigenvalue weighted by Crippen LogP contribution is -2.24. The number of halogens is 1. The number of hydrogen-bond donors (Lipinski definition) is 0. The smallest absolute Gasteiger partial charge is 0.414 e. The summed E-state index contributed by atoms with van der Waals surface area (Å²) < 4.78 is 19.7. The van der Waals surface area contributed by atoms with E-state index in [0.717, 1.165) is 6.42 Å². The number of carbonyl (C=O) groups is 1. The van der Waals surface area contributed by atoms with Crippen molar-refractivity contribution in [2.75, 3.05) is 11.4 Å². The molecule has 2 aromatic rings. The van der Waals surface area contributed by atoms with Crippen LogP contribution in [0.3, 0.4) is 0 Å². The molecule has 2 aromatic carbocycles. The number of cyclic esters (lactones) is 1. The van der Waals surface area contributed by atoms with Gasteiger partial charge >= 0.3 is 6.09 Å². The average molecular weight is 310 g/mol. The normalized spacial score (nSPS) is 17.0. The Labute approximate surface area is 133 Å². The largest absolute Gasteiger partial charge is 0.444 e. The third-order valence-electron chi connectivity index (χ3n) is 3.90. The quantitative estimate of drug-likeness (QED) is 0.857. The molecule has 4 nitrogen and oxygen atoms in total. The van der Waals surface area contributed by atoms with E-state index >= 15 is 0 Å². The molecule has 1 saturated heterocycles. The van der Waals surface area contributed by atoms with Gasteiger partial charge in [0.1, 0.15) is 11.9 Å². The van der Waals surface area contributed by atoms with E-state index in [9.17, 15) is 9.18 Å². The van der Waals surface area contributed by atoms with Gasteiger partial charge < -0.3 is 4.74 Å². The van der Waals surface area contributed by atoms with Gasteiger partial charge in [-0.05, 0) is 42.3 Å². The van der Waals surface area contributed by atoms with E-state index in [1.165, 1.54) is 11.0 Å². The molecule has 0 spiro atoms. The van der Waals surface area contributed by atoms with Gasteiger partial charge in [0.2, 0.25) is 0 Å². The molecule has 1 amide bonds. The summed E-state index contributed by atoms with van der Waals surface area (Å²) in [5, 5.41) is 8.94. The van der Waals surface area contributed by atoms with Crippen LogP contribution >= 0.6 is 0 Å². The van der Waals surface area contributed by atoms with Gasteiger partial charge in [-0.1, -0.05) is 19.1 Å². The summed E-state index contributed by atoms with van der Waals surface area (Å²) in [5.74, 6) is -0.440. The number of anilines is 1. The van der Waals surface area contributed by atoms with Crippen molar-refractivity contribution in [2.45, 2.75) is 19.4 Å². The second-order valence-electron chi connectivity index (χ2n) is 5.38. The predicted molar refractivity (Wildman–Crippen MR) is 84.5 cm³/mol.